The van der Waals surface area contributed by atoms with Crippen molar-refractivity contribution in [1.29, 1.82) is 0 Å². The first-order chi connectivity index (χ1) is 21.4. The first-order valence-corrected chi connectivity index (χ1v) is 15.4. The summed E-state index contributed by atoms with van der Waals surface area (Å²) in [5.74, 6) is -0.709. The number of nitrogens with zero attached hydrogens (tertiary/aromatic N) is 3. The number of imide groups is 1. The Morgan fingerprint density at radius 1 is 0.795 bits per heavy atom. The number of likely N-dealkylation sites (N-methyl/N-ethyl adjacent to an activating group) is 1. The Hall–Kier alpha value is -3.89. The largest absolute Gasteiger partial charge is 0.378 e. The standard InChI is InChI=1S/C35H42N4O5/c1-37(18-19-39-32(40)30-14-8-9-15-31(30)33(39)41)20-22-43-24-25-44-23-21-38-17-16-29(26-38)35(34(36)42,27-10-4-2-5-11-27)28-12-6-3-7-13-28/h2-15,29H,16-26H2,1H3,(H2,36,42). The van der Waals surface area contributed by atoms with Gasteiger partial charge in [-0.1, -0.05) is 72.8 Å². The molecule has 0 aliphatic carbocycles. The Balaban J connectivity index is 0.995. The molecule has 5 rings (SSSR count). The summed E-state index contributed by atoms with van der Waals surface area (Å²) in [6.07, 6.45) is 0.871. The number of fused-ring (bicyclic) bond motifs is 1. The van der Waals surface area contributed by atoms with Crippen molar-refractivity contribution in [3.8, 4) is 0 Å². The van der Waals surface area contributed by atoms with E-state index < -0.39 is 5.41 Å². The topological polar surface area (TPSA) is 105 Å². The molecule has 1 atom stereocenters. The van der Waals surface area contributed by atoms with Crippen molar-refractivity contribution < 1.29 is 23.9 Å². The Morgan fingerprint density at radius 2 is 1.34 bits per heavy atom. The third-order valence-electron chi connectivity index (χ3n) is 8.86. The van der Waals surface area contributed by atoms with Crippen LogP contribution in [-0.2, 0) is 19.7 Å². The number of rotatable bonds is 16. The van der Waals surface area contributed by atoms with Gasteiger partial charge in [-0.25, -0.2) is 0 Å². The van der Waals surface area contributed by atoms with E-state index in [2.05, 4.69) is 4.90 Å². The fourth-order valence-electron chi connectivity index (χ4n) is 6.48. The number of carbonyl (C=O) groups excluding carboxylic acids is 3. The van der Waals surface area contributed by atoms with Gasteiger partial charge >= 0.3 is 0 Å². The molecule has 0 aromatic heterocycles. The smallest absolute Gasteiger partial charge is 0.261 e. The van der Waals surface area contributed by atoms with Gasteiger partial charge in [0.2, 0.25) is 5.91 Å². The molecule has 2 heterocycles. The predicted octanol–water partition coefficient (Wildman–Crippen LogP) is 3.04. The molecule has 9 nitrogen and oxygen atoms in total. The molecule has 9 heteroatoms. The van der Waals surface area contributed by atoms with Gasteiger partial charge in [-0.15, -0.1) is 0 Å². The van der Waals surface area contributed by atoms with E-state index >= 15 is 0 Å². The minimum absolute atomic E-state index is 0.0575. The highest BCUT2D eigenvalue weighted by molar-refractivity contribution is 6.21. The predicted molar refractivity (Wildman–Crippen MR) is 168 cm³/mol. The zero-order valence-electron chi connectivity index (χ0n) is 25.4. The summed E-state index contributed by atoms with van der Waals surface area (Å²) in [4.78, 5) is 44.0. The molecule has 2 aliphatic heterocycles. The normalized spacial score (nSPS) is 17.0. The molecule has 0 spiro atoms. The van der Waals surface area contributed by atoms with E-state index in [9.17, 15) is 14.4 Å². The number of benzene rings is 3. The van der Waals surface area contributed by atoms with E-state index in [4.69, 9.17) is 15.2 Å². The van der Waals surface area contributed by atoms with Crippen LogP contribution in [0, 0.1) is 5.92 Å². The fourth-order valence-corrected chi connectivity index (χ4v) is 6.48. The first kappa shape index (κ1) is 31.5. The molecule has 0 bridgehead atoms. The van der Waals surface area contributed by atoms with Crippen LogP contribution in [0.4, 0.5) is 0 Å². The van der Waals surface area contributed by atoms with Gasteiger partial charge in [-0.2, -0.15) is 0 Å². The lowest BCUT2D eigenvalue weighted by atomic mass is 9.64. The lowest BCUT2D eigenvalue weighted by Crippen LogP contribution is -2.49. The number of primary amides is 1. The SMILES string of the molecule is CN(CCOCCOCCN1CCC(C(C(N)=O)(c2ccccc2)c2ccccc2)C1)CCN1C(=O)c2ccccc2C1=O. The van der Waals surface area contributed by atoms with Gasteiger partial charge in [0.1, 0.15) is 5.41 Å². The molecule has 1 fully saturated rings. The Labute approximate surface area is 259 Å². The van der Waals surface area contributed by atoms with Crippen LogP contribution in [-0.4, -0.2) is 105 Å². The summed E-state index contributed by atoms with van der Waals surface area (Å²) < 4.78 is 11.6. The summed E-state index contributed by atoms with van der Waals surface area (Å²) in [6.45, 7) is 6.12. The van der Waals surface area contributed by atoms with Crippen molar-refractivity contribution in [2.45, 2.75) is 11.8 Å². The van der Waals surface area contributed by atoms with Crippen LogP contribution in [0.15, 0.2) is 84.9 Å². The van der Waals surface area contributed by atoms with Gasteiger partial charge in [0.25, 0.3) is 11.8 Å². The second kappa shape index (κ2) is 14.7. The number of carbonyl (C=O) groups is 3. The molecule has 2 N–H and O–H groups in total. The first-order valence-electron chi connectivity index (χ1n) is 15.4. The number of likely N-dealkylation sites (tertiary alicyclic amines) is 1. The molecule has 3 aromatic rings. The quantitative estimate of drug-likeness (QED) is 0.200. The molecule has 1 unspecified atom stereocenters. The maximum atomic E-state index is 13.2. The van der Waals surface area contributed by atoms with Crippen LogP contribution in [0.2, 0.25) is 0 Å². The second-order valence-corrected chi connectivity index (χ2v) is 11.5. The summed E-state index contributed by atoms with van der Waals surface area (Å²) in [5, 5.41) is 0. The molecule has 232 valence electrons. The average molecular weight is 599 g/mol. The van der Waals surface area contributed by atoms with Crippen LogP contribution < -0.4 is 5.73 Å². The molecule has 3 aromatic carbocycles. The highest BCUT2D eigenvalue weighted by Gasteiger charge is 2.49. The van der Waals surface area contributed by atoms with Crippen molar-refractivity contribution in [3.63, 3.8) is 0 Å². The van der Waals surface area contributed by atoms with Gasteiger partial charge in [0, 0.05) is 32.7 Å². The second-order valence-electron chi connectivity index (χ2n) is 11.5. The van der Waals surface area contributed by atoms with E-state index in [0.717, 1.165) is 37.2 Å². The van der Waals surface area contributed by atoms with Crippen molar-refractivity contribution in [2.24, 2.45) is 11.7 Å². The van der Waals surface area contributed by atoms with E-state index in [1.165, 1.54) is 4.90 Å². The Bertz CT molecular complexity index is 1340. The zero-order chi connectivity index (χ0) is 30.9. The third-order valence-corrected chi connectivity index (χ3v) is 8.86. The van der Waals surface area contributed by atoms with Crippen molar-refractivity contribution in [3.05, 3.63) is 107 Å². The molecule has 0 saturated carbocycles. The van der Waals surface area contributed by atoms with Gasteiger partial charge in [0.15, 0.2) is 0 Å². The lowest BCUT2D eigenvalue weighted by molar-refractivity contribution is -0.123. The molecule has 3 amide bonds. The van der Waals surface area contributed by atoms with Crippen LogP contribution >= 0.6 is 0 Å². The minimum atomic E-state index is -0.885. The maximum absolute atomic E-state index is 13.2. The number of hydrogen-bond acceptors (Lipinski definition) is 7. The van der Waals surface area contributed by atoms with E-state index in [1.54, 1.807) is 24.3 Å². The van der Waals surface area contributed by atoms with Crippen LogP contribution in [0.25, 0.3) is 0 Å². The molecular formula is C35H42N4O5. The van der Waals surface area contributed by atoms with Crippen molar-refractivity contribution >= 4 is 17.7 Å². The molecule has 44 heavy (non-hydrogen) atoms. The number of ether oxygens (including phenoxy) is 2. The van der Waals surface area contributed by atoms with Crippen LogP contribution in [0.1, 0.15) is 38.3 Å². The van der Waals surface area contributed by atoms with Crippen molar-refractivity contribution in [1.82, 2.24) is 14.7 Å². The van der Waals surface area contributed by atoms with Gasteiger partial charge in [0.05, 0.1) is 37.6 Å². The van der Waals surface area contributed by atoms with E-state index in [0.29, 0.717) is 57.2 Å². The van der Waals surface area contributed by atoms with Crippen LogP contribution in [0.3, 0.4) is 0 Å². The van der Waals surface area contributed by atoms with Gasteiger partial charge in [-0.05, 0) is 49.2 Å². The minimum Gasteiger partial charge on any atom is -0.378 e. The number of amides is 3. The van der Waals surface area contributed by atoms with Gasteiger partial charge < -0.3 is 25.0 Å². The van der Waals surface area contributed by atoms with Gasteiger partial charge in [-0.3, -0.25) is 19.3 Å². The lowest BCUT2D eigenvalue weighted by Gasteiger charge is -2.37. The monoisotopic (exact) mass is 598 g/mol. The van der Waals surface area contributed by atoms with E-state index in [1.807, 2.05) is 72.6 Å². The molecule has 2 aliphatic rings. The summed E-state index contributed by atoms with van der Waals surface area (Å²) in [5.41, 5.74) is 8.15. The zero-order valence-corrected chi connectivity index (χ0v) is 25.4. The average Bonchev–Trinajstić information content (AvgIpc) is 3.61. The third kappa shape index (κ3) is 6.76. The highest BCUT2D eigenvalue weighted by atomic mass is 16.5. The Morgan fingerprint density at radius 3 is 1.91 bits per heavy atom. The van der Waals surface area contributed by atoms with Crippen molar-refractivity contribution in [2.75, 3.05) is 72.7 Å². The summed E-state index contributed by atoms with van der Waals surface area (Å²) in [6, 6.07) is 26.8. The summed E-state index contributed by atoms with van der Waals surface area (Å²) >= 11 is 0. The molecular weight excluding hydrogens is 556 g/mol. The number of hydrogen-bond donors (Lipinski definition) is 1. The van der Waals surface area contributed by atoms with E-state index in [-0.39, 0.29) is 23.6 Å². The van der Waals surface area contributed by atoms with Crippen LogP contribution in [0.5, 0.6) is 0 Å². The molecule has 0 radical (unpaired) electrons. The highest BCUT2D eigenvalue weighted by Crippen LogP contribution is 2.43. The number of nitrogens with two attached hydrogens (primary N) is 1. The Kier molecular flexibility index (Phi) is 10.6. The maximum Gasteiger partial charge on any atom is 0.261 e. The summed E-state index contributed by atoms with van der Waals surface area (Å²) in [7, 11) is 1.95. The fraction of sp³-hybridized carbons (Fsp3) is 0.400. The molecule has 1 saturated heterocycles.